The number of aromatic nitrogens is 3. The summed E-state index contributed by atoms with van der Waals surface area (Å²) < 4.78 is 0. The van der Waals surface area contributed by atoms with Crippen molar-refractivity contribution in [3.63, 3.8) is 0 Å². The van der Waals surface area contributed by atoms with Gasteiger partial charge >= 0.3 is 0 Å². The average Bonchev–Trinajstić information content (AvgIpc) is 2.91. The van der Waals surface area contributed by atoms with E-state index in [2.05, 4.69) is 22.3 Å². The van der Waals surface area contributed by atoms with Gasteiger partial charge in [-0.3, -0.25) is 4.79 Å². The van der Waals surface area contributed by atoms with Crippen LogP contribution in [0.25, 0.3) is 0 Å². The Labute approximate surface area is 99.5 Å². The fourth-order valence-electron chi connectivity index (χ4n) is 1.55. The molecule has 0 bridgehead atoms. The molecular formula is C12H14N4O. The SMILES string of the molecule is CCc1ccc(N(C)C(=O)c2cn[nH]n2)cc1. The summed E-state index contributed by atoms with van der Waals surface area (Å²) in [6.45, 7) is 2.10. The van der Waals surface area contributed by atoms with Crippen LogP contribution in [0, 0.1) is 0 Å². The van der Waals surface area contributed by atoms with Crippen LogP contribution in [0.4, 0.5) is 5.69 Å². The Morgan fingerprint density at radius 2 is 2.06 bits per heavy atom. The maximum Gasteiger partial charge on any atom is 0.280 e. The third-order valence-corrected chi connectivity index (χ3v) is 2.67. The molecule has 1 heterocycles. The minimum Gasteiger partial charge on any atom is -0.310 e. The zero-order valence-electron chi connectivity index (χ0n) is 9.84. The summed E-state index contributed by atoms with van der Waals surface area (Å²) in [5.74, 6) is -0.178. The van der Waals surface area contributed by atoms with E-state index in [1.54, 1.807) is 11.9 Å². The highest BCUT2D eigenvalue weighted by Crippen LogP contribution is 2.15. The number of hydrogen-bond acceptors (Lipinski definition) is 3. The molecule has 2 aromatic rings. The van der Waals surface area contributed by atoms with Crippen molar-refractivity contribution >= 4 is 11.6 Å². The number of carbonyl (C=O) groups excluding carboxylic acids is 1. The average molecular weight is 230 g/mol. The Bertz CT molecular complexity index is 490. The number of nitrogens with one attached hydrogen (secondary N) is 1. The molecular weight excluding hydrogens is 216 g/mol. The number of carbonyl (C=O) groups is 1. The van der Waals surface area contributed by atoms with E-state index in [4.69, 9.17) is 0 Å². The van der Waals surface area contributed by atoms with Gasteiger partial charge in [-0.2, -0.15) is 15.4 Å². The maximum absolute atomic E-state index is 12.0. The normalized spacial score (nSPS) is 10.2. The molecule has 88 valence electrons. The van der Waals surface area contributed by atoms with Crippen molar-refractivity contribution in [2.45, 2.75) is 13.3 Å². The standard InChI is InChI=1S/C12H14N4O/c1-3-9-4-6-10(7-5-9)16(2)12(17)11-8-13-15-14-11/h4-8H,3H2,1-2H3,(H,13,14,15). The van der Waals surface area contributed by atoms with Gasteiger partial charge in [0.1, 0.15) is 0 Å². The topological polar surface area (TPSA) is 61.9 Å². The molecule has 0 atom stereocenters. The molecule has 0 unspecified atom stereocenters. The van der Waals surface area contributed by atoms with Gasteiger partial charge < -0.3 is 4.90 Å². The summed E-state index contributed by atoms with van der Waals surface area (Å²) in [6.07, 6.45) is 2.40. The molecule has 0 saturated heterocycles. The Balaban J connectivity index is 2.19. The summed E-state index contributed by atoms with van der Waals surface area (Å²) in [4.78, 5) is 13.5. The summed E-state index contributed by atoms with van der Waals surface area (Å²) in [7, 11) is 1.72. The molecule has 1 aromatic carbocycles. The van der Waals surface area contributed by atoms with E-state index in [-0.39, 0.29) is 5.91 Å². The van der Waals surface area contributed by atoms with Crippen molar-refractivity contribution in [2.75, 3.05) is 11.9 Å². The predicted octanol–water partition coefficient (Wildman–Crippen LogP) is 1.64. The fraction of sp³-hybridized carbons (Fsp3) is 0.250. The molecule has 0 aliphatic heterocycles. The maximum atomic E-state index is 12.0. The molecule has 5 nitrogen and oxygen atoms in total. The van der Waals surface area contributed by atoms with Gasteiger partial charge in [0.2, 0.25) is 0 Å². The van der Waals surface area contributed by atoms with Crippen molar-refractivity contribution in [2.24, 2.45) is 0 Å². The number of aryl methyl sites for hydroxylation is 1. The number of nitrogens with zero attached hydrogens (tertiary/aromatic N) is 3. The van der Waals surface area contributed by atoms with Crippen molar-refractivity contribution < 1.29 is 4.79 Å². The van der Waals surface area contributed by atoms with Gasteiger partial charge in [0, 0.05) is 12.7 Å². The van der Waals surface area contributed by atoms with E-state index < -0.39 is 0 Å². The van der Waals surface area contributed by atoms with Crippen molar-refractivity contribution in [1.82, 2.24) is 15.4 Å². The van der Waals surface area contributed by atoms with Crippen LogP contribution < -0.4 is 4.90 Å². The van der Waals surface area contributed by atoms with Crippen LogP contribution in [0.1, 0.15) is 23.0 Å². The first-order chi connectivity index (χ1) is 8.22. The summed E-state index contributed by atoms with van der Waals surface area (Å²) in [5.41, 5.74) is 2.40. The molecule has 2 rings (SSSR count). The van der Waals surface area contributed by atoms with Crippen LogP contribution in [0.2, 0.25) is 0 Å². The van der Waals surface area contributed by atoms with E-state index in [0.29, 0.717) is 5.69 Å². The number of anilines is 1. The van der Waals surface area contributed by atoms with Gasteiger partial charge in [0.25, 0.3) is 5.91 Å². The lowest BCUT2D eigenvalue weighted by molar-refractivity contribution is 0.0988. The number of rotatable bonds is 3. The lowest BCUT2D eigenvalue weighted by atomic mass is 10.1. The molecule has 1 N–H and O–H groups in total. The van der Waals surface area contributed by atoms with Crippen LogP contribution in [0.5, 0.6) is 0 Å². The second-order valence-electron chi connectivity index (χ2n) is 3.74. The monoisotopic (exact) mass is 230 g/mol. The molecule has 1 aromatic heterocycles. The highest BCUT2D eigenvalue weighted by Gasteiger charge is 2.15. The van der Waals surface area contributed by atoms with Crippen LogP contribution in [0.15, 0.2) is 30.5 Å². The molecule has 17 heavy (non-hydrogen) atoms. The van der Waals surface area contributed by atoms with Crippen molar-refractivity contribution in [3.8, 4) is 0 Å². The lowest BCUT2D eigenvalue weighted by Crippen LogP contribution is -2.26. The van der Waals surface area contributed by atoms with Gasteiger partial charge in [0.15, 0.2) is 5.69 Å². The lowest BCUT2D eigenvalue weighted by Gasteiger charge is -2.15. The first kappa shape index (κ1) is 11.3. The fourth-order valence-corrected chi connectivity index (χ4v) is 1.55. The second-order valence-corrected chi connectivity index (χ2v) is 3.74. The van der Waals surface area contributed by atoms with E-state index in [1.165, 1.54) is 11.8 Å². The number of aromatic amines is 1. The molecule has 0 saturated carbocycles. The van der Waals surface area contributed by atoms with E-state index in [0.717, 1.165) is 12.1 Å². The van der Waals surface area contributed by atoms with Crippen molar-refractivity contribution in [1.29, 1.82) is 0 Å². The smallest absolute Gasteiger partial charge is 0.280 e. The Morgan fingerprint density at radius 1 is 1.35 bits per heavy atom. The molecule has 0 spiro atoms. The molecule has 5 heteroatoms. The Morgan fingerprint density at radius 3 is 2.59 bits per heavy atom. The molecule has 0 fully saturated rings. The highest BCUT2D eigenvalue weighted by atomic mass is 16.2. The van der Waals surface area contributed by atoms with E-state index in [1.807, 2.05) is 24.3 Å². The third kappa shape index (κ3) is 2.33. The van der Waals surface area contributed by atoms with Gasteiger partial charge in [-0.25, -0.2) is 0 Å². The Kier molecular flexibility index (Phi) is 3.18. The summed E-state index contributed by atoms with van der Waals surface area (Å²) in [5, 5.41) is 9.82. The zero-order valence-corrected chi connectivity index (χ0v) is 9.84. The van der Waals surface area contributed by atoms with E-state index in [9.17, 15) is 4.79 Å². The Hall–Kier alpha value is -2.17. The summed E-state index contributed by atoms with van der Waals surface area (Å²) in [6, 6.07) is 7.89. The van der Waals surface area contributed by atoms with Gasteiger partial charge in [-0.05, 0) is 24.1 Å². The van der Waals surface area contributed by atoms with Crippen molar-refractivity contribution in [3.05, 3.63) is 41.7 Å². The van der Waals surface area contributed by atoms with E-state index >= 15 is 0 Å². The number of amides is 1. The minimum atomic E-state index is -0.178. The minimum absolute atomic E-state index is 0.178. The third-order valence-electron chi connectivity index (χ3n) is 2.67. The number of H-pyrrole nitrogens is 1. The molecule has 0 radical (unpaired) electrons. The first-order valence-corrected chi connectivity index (χ1v) is 5.45. The van der Waals surface area contributed by atoms with Crippen LogP contribution in [-0.4, -0.2) is 28.4 Å². The highest BCUT2D eigenvalue weighted by molar-refractivity contribution is 6.04. The quantitative estimate of drug-likeness (QED) is 0.872. The van der Waals surface area contributed by atoms with Crippen LogP contribution in [-0.2, 0) is 6.42 Å². The van der Waals surface area contributed by atoms with Gasteiger partial charge in [-0.1, -0.05) is 19.1 Å². The van der Waals surface area contributed by atoms with Gasteiger partial charge in [0.05, 0.1) is 6.20 Å². The molecule has 0 aliphatic carbocycles. The second kappa shape index (κ2) is 4.78. The largest absolute Gasteiger partial charge is 0.310 e. The van der Waals surface area contributed by atoms with Gasteiger partial charge in [-0.15, -0.1) is 0 Å². The number of hydrogen-bond donors (Lipinski definition) is 1. The zero-order chi connectivity index (χ0) is 12.3. The molecule has 0 aliphatic rings. The van der Waals surface area contributed by atoms with Crippen LogP contribution in [0.3, 0.4) is 0 Å². The molecule has 1 amide bonds. The number of benzene rings is 1. The first-order valence-electron chi connectivity index (χ1n) is 5.45. The van der Waals surface area contributed by atoms with Crippen LogP contribution >= 0.6 is 0 Å². The summed E-state index contributed by atoms with van der Waals surface area (Å²) >= 11 is 0. The predicted molar refractivity (Wildman–Crippen MR) is 64.9 cm³/mol.